The van der Waals surface area contributed by atoms with Crippen molar-refractivity contribution in [2.24, 2.45) is 5.92 Å². The van der Waals surface area contributed by atoms with Crippen molar-refractivity contribution < 1.29 is 4.74 Å². The van der Waals surface area contributed by atoms with Crippen LogP contribution < -0.4 is 15.4 Å². The standard InChI is InChI=1S/C26H36N6O/c1-26(9-10-26)33-20-7-8-22(27)21(15-20)25(28)23-16-24(30-18-29-23)32-13-11-31(12-14-32)17-19-5-3-2-4-6-19/h7-8,15-16,18-19,28H,2-6,9-14,17,27H2,1H3. The zero-order valence-corrected chi connectivity index (χ0v) is 19.7. The second kappa shape index (κ2) is 9.29. The molecule has 3 fully saturated rings. The van der Waals surface area contributed by atoms with Gasteiger partial charge in [0.2, 0.25) is 0 Å². The van der Waals surface area contributed by atoms with Gasteiger partial charge in [0.15, 0.2) is 0 Å². The lowest BCUT2D eigenvalue weighted by atomic mass is 9.89. The summed E-state index contributed by atoms with van der Waals surface area (Å²) >= 11 is 0. The molecule has 2 aliphatic carbocycles. The molecule has 0 radical (unpaired) electrons. The Morgan fingerprint density at radius 1 is 1.09 bits per heavy atom. The smallest absolute Gasteiger partial charge is 0.132 e. The molecule has 0 bridgehead atoms. The number of nitrogen functional groups attached to an aromatic ring is 1. The van der Waals surface area contributed by atoms with Crippen LogP contribution in [-0.4, -0.2) is 58.9 Å². The van der Waals surface area contributed by atoms with Gasteiger partial charge in [0.25, 0.3) is 0 Å². The molecule has 5 rings (SSSR count). The molecule has 3 aliphatic rings. The maximum atomic E-state index is 8.79. The molecule has 2 saturated carbocycles. The van der Waals surface area contributed by atoms with E-state index in [1.165, 1.54) is 38.6 Å². The average Bonchev–Trinajstić information content (AvgIpc) is 3.57. The summed E-state index contributed by atoms with van der Waals surface area (Å²) in [6, 6.07) is 7.49. The van der Waals surface area contributed by atoms with E-state index in [1.807, 2.05) is 24.3 Å². The molecule has 33 heavy (non-hydrogen) atoms. The second-order valence-corrected chi connectivity index (χ2v) is 10.2. The maximum absolute atomic E-state index is 8.79. The van der Waals surface area contributed by atoms with Gasteiger partial charge in [0, 0.05) is 50.0 Å². The third-order valence-electron chi connectivity index (χ3n) is 7.46. The molecule has 0 atom stereocenters. The van der Waals surface area contributed by atoms with Crippen molar-refractivity contribution in [1.29, 1.82) is 5.41 Å². The quantitative estimate of drug-likeness (QED) is 0.489. The van der Waals surface area contributed by atoms with Gasteiger partial charge in [-0.05, 0) is 56.7 Å². The topological polar surface area (TPSA) is 91.4 Å². The fourth-order valence-corrected chi connectivity index (χ4v) is 5.07. The maximum Gasteiger partial charge on any atom is 0.132 e. The van der Waals surface area contributed by atoms with Gasteiger partial charge in [-0.3, -0.25) is 10.3 Å². The first-order valence-corrected chi connectivity index (χ1v) is 12.5. The Hall–Kier alpha value is -2.67. The molecule has 0 unspecified atom stereocenters. The Morgan fingerprint density at radius 2 is 1.85 bits per heavy atom. The van der Waals surface area contributed by atoms with E-state index in [2.05, 4.69) is 26.7 Å². The number of nitrogens with one attached hydrogen (secondary N) is 1. The summed E-state index contributed by atoms with van der Waals surface area (Å²) in [5.41, 5.74) is 8.26. The van der Waals surface area contributed by atoms with Gasteiger partial charge >= 0.3 is 0 Å². The highest BCUT2D eigenvalue weighted by atomic mass is 16.5. The lowest BCUT2D eigenvalue weighted by molar-refractivity contribution is 0.191. The zero-order valence-electron chi connectivity index (χ0n) is 19.7. The molecule has 176 valence electrons. The van der Waals surface area contributed by atoms with Crippen LogP contribution in [0, 0.1) is 11.3 Å². The molecular weight excluding hydrogens is 412 g/mol. The van der Waals surface area contributed by atoms with E-state index in [0.29, 0.717) is 22.7 Å². The van der Waals surface area contributed by atoms with Crippen LogP contribution in [0.2, 0.25) is 0 Å². The number of benzene rings is 1. The molecule has 3 N–H and O–H groups in total. The number of piperazine rings is 1. The number of anilines is 2. The summed E-state index contributed by atoms with van der Waals surface area (Å²) in [6.07, 6.45) is 10.7. The number of rotatable bonds is 7. The van der Waals surface area contributed by atoms with Gasteiger partial charge in [-0.15, -0.1) is 0 Å². The minimum Gasteiger partial charge on any atom is -0.488 e. The predicted octanol–water partition coefficient (Wildman–Crippen LogP) is 4.11. The molecule has 2 aromatic rings. The van der Waals surface area contributed by atoms with E-state index >= 15 is 0 Å². The summed E-state index contributed by atoms with van der Waals surface area (Å²) in [7, 11) is 0. The fraction of sp³-hybridized carbons (Fsp3) is 0.577. The minimum absolute atomic E-state index is 0.0726. The van der Waals surface area contributed by atoms with Crippen molar-refractivity contribution in [2.45, 2.75) is 57.5 Å². The van der Waals surface area contributed by atoms with Gasteiger partial charge in [-0.25, -0.2) is 9.97 Å². The number of nitrogens with two attached hydrogens (primary N) is 1. The first-order valence-electron chi connectivity index (χ1n) is 12.5. The van der Waals surface area contributed by atoms with E-state index in [4.69, 9.17) is 15.9 Å². The Balaban J connectivity index is 1.24. The molecule has 0 amide bonds. The SMILES string of the molecule is CC1(Oc2ccc(N)c(C(=N)c3cc(N4CCN(CC5CCCCC5)CC4)ncn3)c2)CC1. The van der Waals surface area contributed by atoms with E-state index in [9.17, 15) is 0 Å². The van der Waals surface area contributed by atoms with Crippen molar-refractivity contribution in [3.63, 3.8) is 0 Å². The molecular formula is C26H36N6O. The van der Waals surface area contributed by atoms with E-state index < -0.39 is 0 Å². The summed E-state index contributed by atoms with van der Waals surface area (Å²) in [5, 5.41) is 8.79. The van der Waals surface area contributed by atoms with Crippen LogP contribution in [0.3, 0.4) is 0 Å². The van der Waals surface area contributed by atoms with Crippen LogP contribution in [0.5, 0.6) is 5.75 Å². The Bertz CT molecular complexity index is 990. The van der Waals surface area contributed by atoms with Crippen LogP contribution in [0.15, 0.2) is 30.6 Å². The lowest BCUT2D eigenvalue weighted by Gasteiger charge is -2.37. The number of hydrogen-bond donors (Lipinski definition) is 2. The van der Waals surface area contributed by atoms with Gasteiger partial charge in [-0.1, -0.05) is 19.3 Å². The molecule has 1 aromatic carbocycles. The van der Waals surface area contributed by atoms with Crippen molar-refractivity contribution in [3.05, 3.63) is 41.9 Å². The number of ether oxygens (including phenoxy) is 1. The van der Waals surface area contributed by atoms with Crippen molar-refractivity contribution in [3.8, 4) is 5.75 Å². The molecule has 1 saturated heterocycles. The molecule has 1 aromatic heterocycles. The molecule has 2 heterocycles. The Kier molecular flexibility index (Phi) is 6.23. The summed E-state index contributed by atoms with van der Waals surface area (Å²) in [4.78, 5) is 13.8. The van der Waals surface area contributed by atoms with Gasteiger partial charge < -0.3 is 15.4 Å². The largest absolute Gasteiger partial charge is 0.488 e. The normalized spacial score (nSPS) is 21.1. The minimum atomic E-state index is -0.0726. The Morgan fingerprint density at radius 3 is 2.58 bits per heavy atom. The first kappa shape index (κ1) is 22.1. The number of aromatic nitrogens is 2. The second-order valence-electron chi connectivity index (χ2n) is 10.2. The predicted molar refractivity (Wildman–Crippen MR) is 132 cm³/mol. The van der Waals surface area contributed by atoms with Gasteiger partial charge in [0.1, 0.15) is 23.5 Å². The molecule has 0 spiro atoms. The highest BCUT2D eigenvalue weighted by Gasteiger charge is 2.40. The number of hydrogen-bond acceptors (Lipinski definition) is 7. The van der Waals surface area contributed by atoms with Crippen LogP contribution in [0.4, 0.5) is 11.5 Å². The average molecular weight is 449 g/mol. The monoisotopic (exact) mass is 448 g/mol. The van der Waals surface area contributed by atoms with E-state index in [0.717, 1.165) is 56.5 Å². The summed E-state index contributed by atoms with van der Waals surface area (Å²) in [6.45, 7) is 7.40. The molecule has 7 heteroatoms. The highest BCUT2D eigenvalue weighted by molar-refractivity contribution is 6.13. The van der Waals surface area contributed by atoms with Gasteiger partial charge in [0.05, 0.1) is 11.4 Å². The lowest BCUT2D eigenvalue weighted by Crippen LogP contribution is -2.48. The Labute approximate surface area is 196 Å². The number of nitrogens with zero attached hydrogens (tertiary/aromatic N) is 4. The highest BCUT2D eigenvalue weighted by Crippen LogP contribution is 2.40. The van der Waals surface area contributed by atoms with Crippen molar-refractivity contribution in [1.82, 2.24) is 14.9 Å². The third-order valence-corrected chi connectivity index (χ3v) is 7.46. The van der Waals surface area contributed by atoms with Crippen LogP contribution in [-0.2, 0) is 0 Å². The molecule has 7 nitrogen and oxygen atoms in total. The van der Waals surface area contributed by atoms with Gasteiger partial charge in [-0.2, -0.15) is 0 Å². The first-order chi connectivity index (χ1) is 16.0. The fourth-order valence-electron chi connectivity index (χ4n) is 5.07. The third kappa shape index (κ3) is 5.29. The summed E-state index contributed by atoms with van der Waals surface area (Å²) < 4.78 is 6.08. The van der Waals surface area contributed by atoms with Crippen LogP contribution in [0.1, 0.15) is 63.1 Å². The molecule has 1 aliphatic heterocycles. The van der Waals surface area contributed by atoms with Crippen LogP contribution >= 0.6 is 0 Å². The van der Waals surface area contributed by atoms with E-state index in [1.54, 1.807) is 6.33 Å². The van der Waals surface area contributed by atoms with Crippen molar-refractivity contribution >= 4 is 17.2 Å². The zero-order chi connectivity index (χ0) is 22.8. The summed E-state index contributed by atoms with van der Waals surface area (Å²) in [5.74, 6) is 2.52. The van der Waals surface area contributed by atoms with Crippen molar-refractivity contribution in [2.75, 3.05) is 43.4 Å². The van der Waals surface area contributed by atoms with Crippen LogP contribution in [0.25, 0.3) is 0 Å². The van der Waals surface area contributed by atoms with E-state index in [-0.39, 0.29) is 5.60 Å².